The van der Waals surface area contributed by atoms with Gasteiger partial charge < -0.3 is 10.6 Å². The van der Waals surface area contributed by atoms with Crippen LogP contribution in [-0.4, -0.2) is 24.4 Å². The van der Waals surface area contributed by atoms with E-state index in [1.165, 1.54) is 4.88 Å². The molecule has 122 valence electrons. The molecule has 0 aliphatic carbocycles. The molecule has 1 unspecified atom stereocenters. The van der Waals surface area contributed by atoms with Crippen LogP contribution in [0.25, 0.3) is 0 Å². The Hall–Kier alpha value is -2.14. The predicted octanol–water partition coefficient (Wildman–Crippen LogP) is 3.01. The van der Waals surface area contributed by atoms with Crippen LogP contribution in [0, 0.1) is 0 Å². The van der Waals surface area contributed by atoms with E-state index in [9.17, 15) is 9.59 Å². The average Bonchev–Trinajstić information content (AvgIpc) is 3.05. The van der Waals surface area contributed by atoms with Gasteiger partial charge in [0, 0.05) is 35.9 Å². The molecule has 2 rings (SSSR count). The fourth-order valence-corrected chi connectivity index (χ4v) is 3.11. The summed E-state index contributed by atoms with van der Waals surface area (Å²) >= 11 is 1.70. The molecular formula is C18H22N2O2S. The van der Waals surface area contributed by atoms with Gasteiger partial charge in [0.2, 0.25) is 5.91 Å². The molecule has 1 heterocycles. The largest absolute Gasteiger partial charge is 0.353 e. The summed E-state index contributed by atoms with van der Waals surface area (Å²) in [6, 6.07) is 13.3. The number of carbonyl (C=O) groups excluding carboxylic acids is 2. The molecule has 4 nitrogen and oxygen atoms in total. The Kier molecular flexibility index (Phi) is 6.81. The molecule has 0 aliphatic rings. The monoisotopic (exact) mass is 330 g/mol. The van der Waals surface area contributed by atoms with Crippen molar-refractivity contribution in [1.29, 1.82) is 0 Å². The van der Waals surface area contributed by atoms with Gasteiger partial charge in [-0.3, -0.25) is 9.59 Å². The average molecular weight is 330 g/mol. The zero-order valence-corrected chi connectivity index (χ0v) is 14.1. The zero-order chi connectivity index (χ0) is 16.5. The molecule has 0 bridgehead atoms. The van der Waals surface area contributed by atoms with E-state index in [2.05, 4.69) is 16.7 Å². The molecule has 0 aliphatic heterocycles. The summed E-state index contributed by atoms with van der Waals surface area (Å²) in [7, 11) is 0. The Balaban J connectivity index is 1.60. The maximum atomic E-state index is 11.9. The summed E-state index contributed by atoms with van der Waals surface area (Å²) in [5, 5.41) is 7.86. The van der Waals surface area contributed by atoms with Gasteiger partial charge in [0.05, 0.1) is 0 Å². The fourth-order valence-electron chi connectivity index (χ4n) is 2.27. The van der Waals surface area contributed by atoms with E-state index in [-0.39, 0.29) is 17.9 Å². The van der Waals surface area contributed by atoms with E-state index >= 15 is 0 Å². The summed E-state index contributed by atoms with van der Waals surface area (Å²) in [4.78, 5) is 25.0. The first-order chi connectivity index (χ1) is 11.1. The Morgan fingerprint density at radius 2 is 1.91 bits per heavy atom. The lowest BCUT2D eigenvalue weighted by Crippen LogP contribution is -2.34. The molecule has 0 spiro atoms. The van der Waals surface area contributed by atoms with Crippen molar-refractivity contribution in [3.8, 4) is 0 Å². The zero-order valence-electron chi connectivity index (χ0n) is 13.2. The smallest absolute Gasteiger partial charge is 0.251 e. The molecule has 5 heteroatoms. The van der Waals surface area contributed by atoms with E-state index < -0.39 is 0 Å². The number of thiophene rings is 1. The van der Waals surface area contributed by atoms with Gasteiger partial charge in [-0.05, 0) is 36.9 Å². The van der Waals surface area contributed by atoms with E-state index in [0.717, 1.165) is 6.42 Å². The van der Waals surface area contributed by atoms with Gasteiger partial charge in [-0.15, -0.1) is 11.3 Å². The van der Waals surface area contributed by atoms with Crippen molar-refractivity contribution in [3.05, 3.63) is 58.3 Å². The van der Waals surface area contributed by atoms with Crippen LogP contribution in [0.2, 0.25) is 0 Å². The fraction of sp³-hybridized carbons (Fsp3) is 0.333. The quantitative estimate of drug-likeness (QED) is 0.731. The van der Waals surface area contributed by atoms with Crippen molar-refractivity contribution in [1.82, 2.24) is 10.6 Å². The van der Waals surface area contributed by atoms with E-state index in [1.807, 2.05) is 36.6 Å². The highest BCUT2D eigenvalue weighted by molar-refractivity contribution is 7.09. The predicted molar refractivity (Wildman–Crippen MR) is 93.6 cm³/mol. The van der Waals surface area contributed by atoms with Gasteiger partial charge >= 0.3 is 0 Å². The first-order valence-electron chi connectivity index (χ1n) is 7.80. The molecule has 2 N–H and O–H groups in total. The molecule has 23 heavy (non-hydrogen) atoms. The third kappa shape index (κ3) is 6.24. The van der Waals surface area contributed by atoms with Crippen LogP contribution in [0.4, 0.5) is 0 Å². The third-order valence-electron chi connectivity index (χ3n) is 3.40. The van der Waals surface area contributed by atoms with Gasteiger partial charge in [-0.25, -0.2) is 0 Å². The summed E-state index contributed by atoms with van der Waals surface area (Å²) in [5.41, 5.74) is 0.640. The number of carbonyl (C=O) groups is 2. The van der Waals surface area contributed by atoms with Crippen molar-refractivity contribution in [2.45, 2.75) is 32.2 Å². The molecular weight excluding hydrogens is 308 g/mol. The second-order valence-corrected chi connectivity index (χ2v) is 6.51. The van der Waals surface area contributed by atoms with Crippen molar-refractivity contribution >= 4 is 23.2 Å². The van der Waals surface area contributed by atoms with Gasteiger partial charge in [0.25, 0.3) is 5.91 Å². The topological polar surface area (TPSA) is 58.2 Å². The Labute approximate surface area is 140 Å². The van der Waals surface area contributed by atoms with Crippen LogP contribution in [0.5, 0.6) is 0 Å². The normalized spacial score (nSPS) is 11.7. The van der Waals surface area contributed by atoms with E-state index in [4.69, 9.17) is 0 Å². The molecule has 1 atom stereocenters. The van der Waals surface area contributed by atoms with Crippen molar-refractivity contribution in [2.24, 2.45) is 0 Å². The number of hydrogen-bond donors (Lipinski definition) is 2. The minimum absolute atomic E-state index is 0.0306. The molecule has 1 aromatic heterocycles. The number of rotatable bonds is 8. The maximum Gasteiger partial charge on any atom is 0.251 e. The molecule has 0 saturated heterocycles. The first-order valence-corrected chi connectivity index (χ1v) is 8.68. The first kappa shape index (κ1) is 17.2. The molecule has 0 fully saturated rings. The van der Waals surface area contributed by atoms with Crippen LogP contribution >= 0.6 is 11.3 Å². The second kappa shape index (κ2) is 9.10. The van der Waals surface area contributed by atoms with Crippen molar-refractivity contribution in [2.75, 3.05) is 6.54 Å². The van der Waals surface area contributed by atoms with Crippen LogP contribution in [0.3, 0.4) is 0 Å². The summed E-state index contributed by atoms with van der Waals surface area (Å²) in [5.74, 6) is -0.0694. The molecule has 0 saturated carbocycles. The van der Waals surface area contributed by atoms with Gasteiger partial charge in [-0.2, -0.15) is 0 Å². The second-order valence-electron chi connectivity index (χ2n) is 5.48. The van der Waals surface area contributed by atoms with Crippen LogP contribution in [0.1, 0.15) is 35.0 Å². The van der Waals surface area contributed by atoms with Crippen LogP contribution in [-0.2, 0) is 11.2 Å². The summed E-state index contributed by atoms with van der Waals surface area (Å²) in [6.07, 6.45) is 1.91. The lowest BCUT2D eigenvalue weighted by Gasteiger charge is -2.13. The molecule has 2 aromatic rings. The van der Waals surface area contributed by atoms with Crippen LogP contribution < -0.4 is 10.6 Å². The minimum atomic E-state index is -0.0999. The van der Waals surface area contributed by atoms with E-state index in [0.29, 0.717) is 24.9 Å². The van der Waals surface area contributed by atoms with Crippen molar-refractivity contribution < 1.29 is 9.59 Å². The third-order valence-corrected chi connectivity index (χ3v) is 4.30. The Morgan fingerprint density at radius 3 is 2.61 bits per heavy atom. The number of hydrogen-bond acceptors (Lipinski definition) is 3. The number of nitrogens with one attached hydrogen (secondary N) is 2. The Morgan fingerprint density at radius 1 is 1.13 bits per heavy atom. The molecule has 1 aromatic carbocycles. The molecule has 2 amide bonds. The summed E-state index contributed by atoms with van der Waals surface area (Å²) in [6.45, 7) is 2.51. The summed E-state index contributed by atoms with van der Waals surface area (Å²) < 4.78 is 0. The van der Waals surface area contributed by atoms with Gasteiger partial charge in [0.1, 0.15) is 0 Å². The number of amides is 2. The highest BCUT2D eigenvalue weighted by Crippen LogP contribution is 2.11. The van der Waals surface area contributed by atoms with Gasteiger partial charge in [-0.1, -0.05) is 24.3 Å². The van der Waals surface area contributed by atoms with E-state index in [1.54, 1.807) is 23.5 Å². The minimum Gasteiger partial charge on any atom is -0.353 e. The van der Waals surface area contributed by atoms with Crippen LogP contribution in [0.15, 0.2) is 47.8 Å². The Bertz CT molecular complexity index is 611. The SMILES string of the molecule is CC(Cc1cccs1)NC(=O)CCCNC(=O)c1ccccc1. The maximum absolute atomic E-state index is 11.9. The highest BCUT2D eigenvalue weighted by atomic mass is 32.1. The highest BCUT2D eigenvalue weighted by Gasteiger charge is 2.09. The number of benzene rings is 1. The lowest BCUT2D eigenvalue weighted by atomic mass is 10.2. The molecule has 0 radical (unpaired) electrons. The standard InChI is InChI=1S/C18H22N2O2S/c1-14(13-16-9-6-12-23-16)20-17(21)10-5-11-19-18(22)15-7-3-2-4-8-15/h2-4,6-9,12,14H,5,10-11,13H2,1H3,(H,19,22)(H,20,21). The lowest BCUT2D eigenvalue weighted by molar-refractivity contribution is -0.121. The van der Waals surface area contributed by atoms with Gasteiger partial charge in [0.15, 0.2) is 0 Å². The van der Waals surface area contributed by atoms with Crippen molar-refractivity contribution in [3.63, 3.8) is 0 Å².